The Kier molecular flexibility index (Phi) is 49.7. The topological polar surface area (TPSA) is 463 Å². The minimum Gasteiger partial charge on any atom is -0.380 e. The van der Waals surface area contributed by atoms with Gasteiger partial charge in [0.15, 0.2) is 0 Å². The molecule has 9 heterocycles. The SMILES string of the molecule is C.CC(C)(C)CCC(=O)CCN1C(=O)C=CC1=O.CC(C)CCC(=O)CCN1C(=O)C=CC1=O.CCCCC(=O)NCCN1C(=O)C=CC1=O.CCCCCn1cc(CN2C(=O)C=CC2=O)nn1.CCCNC(=O)CCN1C(=O)C=CC1=O.CCCNC(=O)CCOCCN1C(=O)C=CC1=O.CCCOCCn1cc(CN2C(=O)C=CC2=O)nn1. The molecule has 0 bridgehead atoms. The Morgan fingerprint density at radius 1 is 0.342 bits per heavy atom. The number of aryl methyl sites for hydroxylation is 1. The zero-order valence-corrected chi connectivity index (χ0v) is 70.0. The van der Waals surface area contributed by atoms with E-state index in [1.807, 2.05) is 27.7 Å². The summed E-state index contributed by atoms with van der Waals surface area (Å²) < 4.78 is 14.0. The molecule has 3 N–H and O–H groups in total. The van der Waals surface area contributed by atoms with Gasteiger partial charge in [-0.25, -0.2) is 4.68 Å². The van der Waals surface area contributed by atoms with Crippen molar-refractivity contribution in [1.29, 1.82) is 0 Å². The van der Waals surface area contributed by atoms with Crippen molar-refractivity contribution in [2.24, 2.45) is 11.3 Å². The van der Waals surface area contributed by atoms with E-state index >= 15 is 0 Å². The van der Waals surface area contributed by atoms with Crippen molar-refractivity contribution >= 4 is 112 Å². The first-order valence-electron chi connectivity index (χ1n) is 40.2. The molecule has 0 spiro atoms. The fourth-order valence-corrected chi connectivity index (χ4v) is 10.5. The summed E-state index contributed by atoms with van der Waals surface area (Å²) in [4.78, 5) is 222. The molecule has 7 aliphatic heterocycles. The van der Waals surface area contributed by atoms with E-state index in [1.165, 1.54) is 85.1 Å². The Hall–Kier alpha value is -11.9. The zero-order chi connectivity index (χ0) is 88.4. The number of imide groups is 7. The molecule has 2 aromatic rings. The van der Waals surface area contributed by atoms with Gasteiger partial charge in [0.2, 0.25) is 17.7 Å². The van der Waals surface area contributed by atoms with Gasteiger partial charge < -0.3 is 25.4 Å². The molecule has 9 rings (SSSR count). The highest BCUT2D eigenvalue weighted by molar-refractivity contribution is 6.16. The summed E-state index contributed by atoms with van der Waals surface area (Å²) in [5.41, 5.74) is 1.36. The maximum absolute atomic E-state index is 11.6. The van der Waals surface area contributed by atoms with Crippen LogP contribution < -0.4 is 16.0 Å². The standard InChI is InChI=1S/C13H19NO3.C12H16N4O3.C12H16N4O2.C12H18N2O4.C12H17NO3.C11H16N2O3.C10H14N2O3.CH4/c1-13(2,3)8-6-10(15)7-9-14-11(16)4-5-12(14)17;1-2-6-19-7-5-15-8-10(13-14-15)9-16-11(17)3-4-12(16)18;1-2-3-4-7-15-8-10(13-14-15)9-16-11(17)5-6-12(16)18;1-2-6-13-10(15)5-8-18-9-7-14-11(16)3-4-12(14)17;1-9(2)3-4-10(14)7-8-13-11(15)5-6-12(13)16;1-2-3-4-9(14)12-7-8-13-10(15)5-6-11(13)16;1-2-6-11-8(13)5-7-12-9(14)3-4-10(12)15;/h4-5H,6-9H2,1-3H3;3-4,8H,2,5-7,9H2,1H3;5-6,8H,2-4,7,9H2,1H3;3-4H,2,5-9H2,1H3,(H,13,15);5-6,9H,3-4,7-8H2,1-2H3;5-6H,2-4,7-8H2,1H3,(H,12,14);3-4H,2,5-7H2,1H3,(H,11,13);1H4. The molecule has 37 nitrogen and oxygen atoms in total. The van der Waals surface area contributed by atoms with Crippen LogP contribution in [0.3, 0.4) is 0 Å². The lowest BCUT2D eigenvalue weighted by Gasteiger charge is -2.17. The number of ketones is 2. The van der Waals surface area contributed by atoms with Gasteiger partial charge in [0.25, 0.3) is 82.7 Å². The molecule has 37 heteroatoms. The van der Waals surface area contributed by atoms with E-state index in [2.05, 4.69) is 78.1 Å². The number of carbonyl (C=O) groups excluding carboxylic acids is 19. The summed E-state index contributed by atoms with van der Waals surface area (Å²) in [7, 11) is 0. The highest BCUT2D eigenvalue weighted by Crippen LogP contribution is 2.22. The van der Waals surface area contributed by atoms with Gasteiger partial charge in [-0.1, -0.05) is 106 Å². The molecule has 0 aromatic carbocycles. The Morgan fingerprint density at radius 3 is 1.06 bits per heavy atom. The number of carbonyl (C=O) groups is 19. The first-order valence-corrected chi connectivity index (χ1v) is 40.2. The van der Waals surface area contributed by atoms with Crippen LogP contribution in [-0.2, 0) is 127 Å². The Balaban J connectivity index is 0.000000474. The minimum absolute atomic E-state index is 0. The van der Waals surface area contributed by atoms with E-state index in [9.17, 15) is 91.1 Å². The number of nitrogens with zero attached hydrogens (tertiary/aromatic N) is 13. The highest BCUT2D eigenvalue weighted by atomic mass is 16.5. The van der Waals surface area contributed by atoms with Crippen molar-refractivity contribution < 1.29 is 101 Å². The fraction of sp³-hybridized carbons (Fsp3) is 0.554. The van der Waals surface area contributed by atoms with Crippen LogP contribution in [0.1, 0.15) is 197 Å². The molecule has 2 aromatic heterocycles. The third kappa shape index (κ3) is 41.5. The summed E-state index contributed by atoms with van der Waals surface area (Å²) in [6, 6.07) is 0. The lowest BCUT2D eigenvalue weighted by atomic mass is 9.89. The Labute approximate surface area is 700 Å². The third-order valence-electron chi connectivity index (χ3n) is 17.4. The first kappa shape index (κ1) is 104. The zero-order valence-electron chi connectivity index (χ0n) is 70.0. The number of nitrogens with one attached hydrogen (secondary N) is 3. The quantitative estimate of drug-likeness (QED) is 0.0605. The van der Waals surface area contributed by atoms with Crippen molar-refractivity contribution in [3.05, 3.63) is 109 Å². The molecule has 0 unspecified atom stereocenters. The smallest absolute Gasteiger partial charge is 0.253 e. The molecule has 7 aliphatic rings. The van der Waals surface area contributed by atoms with E-state index in [0.717, 1.165) is 112 Å². The van der Waals surface area contributed by atoms with Gasteiger partial charge in [-0.3, -0.25) is 130 Å². The molecule has 0 saturated carbocycles. The molecule has 0 atom stereocenters. The molecule has 0 aliphatic carbocycles. The molecule has 0 fully saturated rings. The second-order valence-corrected chi connectivity index (χ2v) is 29.1. The molecule has 17 amide bonds. The third-order valence-corrected chi connectivity index (χ3v) is 17.4. The average molecular weight is 1680 g/mol. The number of aromatic nitrogens is 6. The number of rotatable bonds is 43. The molecule has 0 saturated heterocycles. The monoisotopic (exact) mass is 1680 g/mol. The number of hydrogen-bond donors (Lipinski definition) is 3. The van der Waals surface area contributed by atoms with Crippen molar-refractivity contribution in [1.82, 2.24) is 80.2 Å². The Morgan fingerprint density at radius 2 is 0.675 bits per heavy atom. The summed E-state index contributed by atoms with van der Waals surface area (Å²) >= 11 is 0. The van der Waals surface area contributed by atoms with E-state index in [-0.39, 0.29) is 197 Å². The summed E-state index contributed by atoms with van der Waals surface area (Å²) in [5.74, 6) is -3.93. The molecule has 120 heavy (non-hydrogen) atoms. The number of ether oxygens (including phenoxy) is 2. The molecule has 0 radical (unpaired) electrons. The summed E-state index contributed by atoms with van der Waals surface area (Å²) in [5, 5.41) is 23.9. The van der Waals surface area contributed by atoms with E-state index in [1.54, 1.807) is 21.8 Å². The van der Waals surface area contributed by atoms with Crippen molar-refractivity contribution in [3.63, 3.8) is 0 Å². The van der Waals surface area contributed by atoms with Gasteiger partial charge >= 0.3 is 0 Å². The predicted molar refractivity (Wildman–Crippen MR) is 437 cm³/mol. The fourth-order valence-electron chi connectivity index (χ4n) is 10.5. The highest BCUT2D eigenvalue weighted by Gasteiger charge is 2.30. The maximum Gasteiger partial charge on any atom is 0.253 e. The van der Waals surface area contributed by atoms with Crippen LogP contribution in [0.4, 0.5) is 0 Å². The van der Waals surface area contributed by atoms with Crippen LogP contribution >= 0.6 is 0 Å². The molecule has 658 valence electrons. The van der Waals surface area contributed by atoms with Gasteiger partial charge in [-0.15, -0.1) is 10.2 Å². The molecular weight excluding hydrogens is 1560 g/mol. The number of unbranched alkanes of at least 4 members (excludes halogenated alkanes) is 3. The lowest BCUT2D eigenvalue weighted by Crippen LogP contribution is -2.38. The van der Waals surface area contributed by atoms with Crippen molar-refractivity contribution in [2.45, 2.75) is 212 Å². The number of hydrogen-bond acceptors (Lipinski definition) is 25. The predicted octanol–water partition coefficient (Wildman–Crippen LogP) is 4.55. The second kappa shape index (κ2) is 57.3. The molecular formula is C83H120N16O21. The van der Waals surface area contributed by atoms with Crippen LogP contribution in [0, 0.1) is 11.3 Å². The lowest BCUT2D eigenvalue weighted by molar-refractivity contribution is -0.139. The van der Waals surface area contributed by atoms with E-state index in [4.69, 9.17) is 9.47 Å². The number of amides is 17. The van der Waals surface area contributed by atoms with Crippen LogP contribution in [0.15, 0.2) is 97.5 Å². The number of Topliss-reactive ketones (excluding diaryl/α,β-unsaturated/α-hetero) is 2. The Bertz CT molecular complexity index is 3960. The second-order valence-electron chi connectivity index (χ2n) is 29.1. The largest absolute Gasteiger partial charge is 0.380 e. The minimum atomic E-state index is -0.344. The van der Waals surface area contributed by atoms with Gasteiger partial charge in [0, 0.05) is 189 Å². The van der Waals surface area contributed by atoms with Crippen molar-refractivity contribution in [3.8, 4) is 0 Å². The van der Waals surface area contributed by atoms with Crippen LogP contribution in [0.5, 0.6) is 0 Å². The van der Waals surface area contributed by atoms with Gasteiger partial charge in [-0.2, -0.15) is 0 Å². The van der Waals surface area contributed by atoms with Crippen molar-refractivity contribution in [2.75, 3.05) is 78.8 Å². The normalized spacial score (nSPS) is 14.8. The summed E-state index contributed by atoms with van der Waals surface area (Å²) in [6.45, 7) is 26.8. The van der Waals surface area contributed by atoms with Crippen LogP contribution in [0.2, 0.25) is 0 Å². The van der Waals surface area contributed by atoms with Gasteiger partial charge in [-0.05, 0) is 56.3 Å². The average Bonchev–Trinajstić information content (AvgIpc) is 1.68. The van der Waals surface area contributed by atoms with Crippen LogP contribution in [-0.4, -0.2) is 255 Å². The van der Waals surface area contributed by atoms with E-state index in [0.29, 0.717) is 82.4 Å². The maximum atomic E-state index is 11.6. The first-order chi connectivity index (χ1) is 56.6. The van der Waals surface area contributed by atoms with Crippen LogP contribution in [0.25, 0.3) is 0 Å². The van der Waals surface area contributed by atoms with Gasteiger partial charge in [0.1, 0.15) is 23.0 Å². The van der Waals surface area contributed by atoms with Gasteiger partial charge in [0.05, 0.1) is 58.4 Å². The van der Waals surface area contributed by atoms with E-state index < -0.39 is 0 Å². The summed E-state index contributed by atoms with van der Waals surface area (Å²) in [6.07, 6.45) is 33.0.